The van der Waals surface area contributed by atoms with Crippen LogP contribution < -0.4 is 0 Å². The van der Waals surface area contributed by atoms with Crippen LogP contribution in [-0.4, -0.2) is 0 Å². The van der Waals surface area contributed by atoms with Crippen molar-refractivity contribution in [2.45, 2.75) is 46.5 Å². The summed E-state index contributed by atoms with van der Waals surface area (Å²) in [6.07, 6.45) is 4.96. The molecule has 0 aromatic heterocycles. The van der Waals surface area contributed by atoms with Crippen molar-refractivity contribution in [2.75, 3.05) is 0 Å². The average molecular weight is 216 g/mol. The fourth-order valence-electron chi connectivity index (χ4n) is 1.93. The van der Waals surface area contributed by atoms with E-state index in [9.17, 15) is 0 Å². The zero-order valence-electron chi connectivity index (χ0n) is 10.9. The molecule has 0 aliphatic rings. The van der Waals surface area contributed by atoms with Crippen LogP contribution >= 0.6 is 0 Å². The van der Waals surface area contributed by atoms with Gasteiger partial charge in [0.1, 0.15) is 0 Å². The lowest BCUT2D eigenvalue weighted by molar-refractivity contribution is 0.492. The van der Waals surface area contributed by atoms with Gasteiger partial charge in [-0.05, 0) is 56.6 Å². The Balaban J connectivity index is 2.34. The summed E-state index contributed by atoms with van der Waals surface area (Å²) in [4.78, 5) is 0. The molecule has 0 N–H and O–H groups in total. The summed E-state index contributed by atoms with van der Waals surface area (Å²) in [7, 11) is 0. The quantitative estimate of drug-likeness (QED) is 0.592. The molecule has 1 aromatic carbocycles. The summed E-state index contributed by atoms with van der Waals surface area (Å²) in [5.74, 6) is 0.802. The van der Waals surface area contributed by atoms with E-state index in [0.717, 1.165) is 5.92 Å². The van der Waals surface area contributed by atoms with Crippen molar-refractivity contribution in [1.29, 1.82) is 0 Å². The highest BCUT2D eigenvalue weighted by molar-refractivity contribution is 5.25. The molecule has 0 spiro atoms. The summed E-state index contributed by atoms with van der Waals surface area (Å²) < 4.78 is 0. The molecule has 0 saturated heterocycles. The smallest absolute Gasteiger partial charge is 0.0274 e. The molecule has 0 nitrogen and oxygen atoms in total. The van der Waals surface area contributed by atoms with Crippen LogP contribution in [0.3, 0.4) is 0 Å². The zero-order chi connectivity index (χ0) is 12.0. The third-order valence-electron chi connectivity index (χ3n) is 3.23. The van der Waals surface area contributed by atoms with Gasteiger partial charge in [-0.15, -0.1) is 6.58 Å². The van der Waals surface area contributed by atoms with E-state index in [1.165, 1.54) is 42.4 Å². The molecular formula is C16H24. The van der Waals surface area contributed by atoms with E-state index in [4.69, 9.17) is 0 Å². The molecular weight excluding hydrogens is 192 g/mol. The zero-order valence-corrected chi connectivity index (χ0v) is 10.9. The van der Waals surface area contributed by atoms with Crippen LogP contribution in [0.25, 0.3) is 0 Å². The predicted molar refractivity (Wildman–Crippen MR) is 72.7 cm³/mol. The molecule has 16 heavy (non-hydrogen) atoms. The van der Waals surface area contributed by atoms with Crippen molar-refractivity contribution in [1.82, 2.24) is 0 Å². The van der Waals surface area contributed by atoms with Crippen molar-refractivity contribution in [2.24, 2.45) is 5.92 Å². The summed E-state index contributed by atoms with van der Waals surface area (Å²) in [5, 5.41) is 0. The van der Waals surface area contributed by atoms with Gasteiger partial charge in [0, 0.05) is 0 Å². The maximum atomic E-state index is 3.96. The van der Waals surface area contributed by atoms with Crippen LogP contribution in [0.4, 0.5) is 0 Å². The SMILES string of the molecule is C=C(C)CCC(C)CCc1ccccc1C. The van der Waals surface area contributed by atoms with Crippen LogP contribution in [0, 0.1) is 12.8 Å². The normalized spacial score (nSPS) is 12.4. The fraction of sp³-hybridized carbons (Fsp3) is 0.500. The molecule has 0 saturated carbocycles. The lowest BCUT2D eigenvalue weighted by Gasteiger charge is -2.12. The van der Waals surface area contributed by atoms with Crippen molar-refractivity contribution in [3.8, 4) is 0 Å². The van der Waals surface area contributed by atoms with Gasteiger partial charge in [-0.25, -0.2) is 0 Å². The van der Waals surface area contributed by atoms with E-state index in [-0.39, 0.29) is 0 Å². The topological polar surface area (TPSA) is 0 Å². The van der Waals surface area contributed by atoms with Gasteiger partial charge in [0.25, 0.3) is 0 Å². The Hall–Kier alpha value is -1.04. The largest absolute Gasteiger partial charge is 0.100 e. The van der Waals surface area contributed by atoms with Crippen molar-refractivity contribution < 1.29 is 0 Å². The molecule has 0 aliphatic carbocycles. The lowest BCUT2D eigenvalue weighted by atomic mass is 9.94. The molecule has 0 fully saturated rings. The molecule has 1 atom stereocenters. The molecule has 1 rings (SSSR count). The molecule has 0 aliphatic heterocycles. The van der Waals surface area contributed by atoms with Crippen molar-refractivity contribution in [3.05, 3.63) is 47.5 Å². The second kappa shape index (κ2) is 6.52. The standard InChI is InChI=1S/C16H24/c1-13(2)9-10-14(3)11-12-16-8-6-5-7-15(16)4/h5-8,14H,1,9-12H2,2-4H3. The van der Waals surface area contributed by atoms with E-state index in [1.807, 2.05) is 0 Å². The highest BCUT2D eigenvalue weighted by atomic mass is 14.1. The van der Waals surface area contributed by atoms with Crippen LogP contribution in [0.15, 0.2) is 36.4 Å². The lowest BCUT2D eigenvalue weighted by Crippen LogP contribution is -1.99. The minimum Gasteiger partial charge on any atom is -0.100 e. The van der Waals surface area contributed by atoms with Gasteiger partial charge < -0.3 is 0 Å². The average Bonchev–Trinajstić information content (AvgIpc) is 2.25. The van der Waals surface area contributed by atoms with E-state index in [0.29, 0.717) is 0 Å². The minimum atomic E-state index is 0.802. The fourth-order valence-corrected chi connectivity index (χ4v) is 1.93. The monoisotopic (exact) mass is 216 g/mol. The number of hydrogen-bond donors (Lipinski definition) is 0. The van der Waals surface area contributed by atoms with E-state index in [1.54, 1.807) is 0 Å². The van der Waals surface area contributed by atoms with Crippen LogP contribution in [0.5, 0.6) is 0 Å². The van der Waals surface area contributed by atoms with Gasteiger partial charge in [-0.2, -0.15) is 0 Å². The summed E-state index contributed by atoms with van der Waals surface area (Å²) in [6.45, 7) is 10.6. The number of hydrogen-bond acceptors (Lipinski definition) is 0. The van der Waals surface area contributed by atoms with Gasteiger partial charge in [-0.3, -0.25) is 0 Å². The number of allylic oxidation sites excluding steroid dienone is 1. The first kappa shape index (κ1) is 13.0. The number of benzene rings is 1. The Kier molecular flexibility index (Phi) is 5.31. The predicted octanol–water partition coefficient (Wildman–Crippen LogP) is 4.92. The summed E-state index contributed by atoms with van der Waals surface area (Å²) >= 11 is 0. The number of aryl methyl sites for hydroxylation is 2. The molecule has 0 heteroatoms. The van der Waals surface area contributed by atoms with Crippen LogP contribution in [0.2, 0.25) is 0 Å². The first-order chi connectivity index (χ1) is 7.59. The second-order valence-corrected chi connectivity index (χ2v) is 5.07. The van der Waals surface area contributed by atoms with Gasteiger partial charge in [0.05, 0.1) is 0 Å². The first-order valence-electron chi connectivity index (χ1n) is 6.28. The molecule has 0 bridgehead atoms. The minimum absolute atomic E-state index is 0.802. The van der Waals surface area contributed by atoms with Crippen LogP contribution in [-0.2, 0) is 6.42 Å². The molecule has 0 heterocycles. The number of rotatable bonds is 6. The highest BCUT2D eigenvalue weighted by Gasteiger charge is 2.04. The van der Waals surface area contributed by atoms with Gasteiger partial charge in [-0.1, -0.05) is 36.8 Å². The Morgan fingerprint density at radius 1 is 1.25 bits per heavy atom. The van der Waals surface area contributed by atoms with Crippen LogP contribution in [0.1, 0.15) is 44.2 Å². The Labute approximate surface area is 100 Å². The van der Waals surface area contributed by atoms with E-state index >= 15 is 0 Å². The van der Waals surface area contributed by atoms with E-state index in [2.05, 4.69) is 51.6 Å². The third-order valence-corrected chi connectivity index (χ3v) is 3.23. The Bertz CT molecular complexity index is 336. The Morgan fingerprint density at radius 3 is 2.56 bits per heavy atom. The van der Waals surface area contributed by atoms with Gasteiger partial charge in [0.15, 0.2) is 0 Å². The highest BCUT2D eigenvalue weighted by Crippen LogP contribution is 2.18. The summed E-state index contributed by atoms with van der Waals surface area (Å²) in [5.41, 5.74) is 4.24. The van der Waals surface area contributed by atoms with E-state index < -0.39 is 0 Å². The Morgan fingerprint density at radius 2 is 1.94 bits per heavy atom. The first-order valence-corrected chi connectivity index (χ1v) is 6.28. The third kappa shape index (κ3) is 4.65. The second-order valence-electron chi connectivity index (χ2n) is 5.07. The maximum Gasteiger partial charge on any atom is -0.0274 e. The molecule has 88 valence electrons. The maximum absolute atomic E-state index is 3.96. The molecule has 0 radical (unpaired) electrons. The van der Waals surface area contributed by atoms with Gasteiger partial charge >= 0.3 is 0 Å². The van der Waals surface area contributed by atoms with Crippen molar-refractivity contribution >= 4 is 0 Å². The molecule has 1 aromatic rings. The molecule has 0 amide bonds. The summed E-state index contributed by atoms with van der Waals surface area (Å²) in [6, 6.07) is 8.71. The molecule has 1 unspecified atom stereocenters. The van der Waals surface area contributed by atoms with Gasteiger partial charge in [0.2, 0.25) is 0 Å². The van der Waals surface area contributed by atoms with Crippen molar-refractivity contribution in [3.63, 3.8) is 0 Å².